The summed E-state index contributed by atoms with van der Waals surface area (Å²) in [4.78, 5) is 17.0. The van der Waals surface area contributed by atoms with Crippen molar-refractivity contribution in [2.75, 3.05) is 19.6 Å². The summed E-state index contributed by atoms with van der Waals surface area (Å²) >= 11 is 0. The van der Waals surface area contributed by atoms with Crippen LogP contribution in [0.1, 0.15) is 41.5 Å². The molecule has 0 spiro atoms. The van der Waals surface area contributed by atoms with Crippen molar-refractivity contribution in [3.8, 4) is 0 Å². The second kappa shape index (κ2) is 5.95. The number of fused-ring (bicyclic) bond motifs is 2. The number of benzene rings is 1. The summed E-state index contributed by atoms with van der Waals surface area (Å²) in [6.45, 7) is 4.59. The SMILES string of the molecule is O=C(CN1CCn2c(nnc2C2CC2)C1)N1CCc2ccccc2C1. The van der Waals surface area contributed by atoms with E-state index >= 15 is 0 Å². The Kier molecular flexibility index (Phi) is 3.59. The zero-order chi connectivity index (χ0) is 16.8. The zero-order valence-corrected chi connectivity index (χ0v) is 14.4. The van der Waals surface area contributed by atoms with E-state index in [2.05, 4.69) is 43.9 Å². The van der Waals surface area contributed by atoms with Crippen LogP contribution in [0.2, 0.25) is 0 Å². The van der Waals surface area contributed by atoms with Crippen LogP contribution in [0.5, 0.6) is 0 Å². The van der Waals surface area contributed by atoms with Crippen molar-refractivity contribution >= 4 is 5.91 Å². The van der Waals surface area contributed by atoms with Gasteiger partial charge >= 0.3 is 0 Å². The zero-order valence-electron chi connectivity index (χ0n) is 14.4. The summed E-state index contributed by atoms with van der Waals surface area (Å²) in [5.74, 6) is 3.03. The van der Waals surface area contributed by atoms with Crippen molar-refractivity contribution in [1.82, 2.24) is 24.6 Å². The monoisotopic (exact) mass is 337 g/mol. The molecule has 1 fully saturated rings. The van der Waals surface area contributed by atoms with E-state index < -0.39 is 0 Å². The third-order valence-electron chi connectivity index (χ3n) is 5.65. The average Bonchev–Trinajstić information content (AvgIpc) is 3.41. The molecule has 0 saturated heterocycles. The Hall–Kier alpha value is -2.21. The van der Waals surface area contributed by atoms with Crippen LogP contribution in [0.15, 0.2) is 24.3 Å². The Bertz CT molecular complexity index is 810. The number of rotatable bonds is 3. The molecule has 1 aromatic heterocycles. The minimum atomic E-state index is 0.227. The van der Waals surface area contributed by atoms with Crippen molar-refractivity contribution in [2.45, 2.75) is 44.8 Å². The molecule has 2 aromatic rings. The van der Waals surface area contributed by atoms with Crippen molar-refractivity contribution < 1.29 is 4.79 Å². The van der Waals surface area contributed by atoms with E-state index in [0.717, 1.165) is 50.8 Å². The molecule has 1 saturated carbocycles. The van der Waals surface area contributed by atoms with Gasteiger partial charge in [0.2, 0.25) is 5.91 Å². The van der Waals surface area contributed by atoms with Crippen LogP contribution in [0.25, 0.3) is 0 Å². The summed E-state index contributed by atoms with van der Waals surface area (Å²) in [5.41, 5.74) is 2.67. The van der Waals surface area contributed by atoms with Crippen molar-refractivity contribution in [3.63, 3.8) is 0 Å². The maximum absolute atomic E-state index is 12.8. The molecule has 3 heterocycles. The van der Waals surface area contributed by atoms with E-state index in [1.807, 2.05) is 4.90 Å². The molecule has 3 aliphatic rings. The van der Waals surface area contributed by atoms with Gasteiger partial charge in [-0.3, -0.25) is 9.69 Å². The van der Waals surface area contributed by atoms with Crippen LogP contribution < -0.4 is 0 Å². The first-order chi connectivity index (χ1) is 12.3. The van der Waals surface area contributed by atoms with Gasteiger partial charge in [-0.05, 0) is 30.4 Å². The van der Waals surface area contributed by atoms with Crippen LogP contribution in [0.4, 0.5) is 0 Å². The molecular formula is C19H23N5O. The molecule has 6 heteroatoms. The molecule has 2 aliphatic heterocycles. The third-order valence-corrected chi connectivity index (χ3v) is 5.65. The smallest absolute Gasteiger partial charge is 0.237 e. The number of nitrogens with zero attached hydrogens (tertiary/aromatic N) is 5. The second-order valence-corrected chi connectivity index (χ2v) is 7.44. The lowest BCUT2D eigenvalue weighted by Gasteiger charge is -2.32. The number of hydrogen-bond acceptors (Lipinski definition) is 4. The van der Waals surface area contributed by atoms with Gasteiger partial charge in [0, 0.05) is 32.1 Å². The number of amides is 1. The van der Waals surface area contributed by atoms with Gasteiger partial charge in [0.25, 0.3) is 0 Å². The molecule has 0 radical (unpaired) electrons. The van der Waals surface area contributed by atoms with Gasteiger partial charge < -0.3 is 9.47 Å². The Balaban J connectivity index is 1.23. The third kappa shape index (κ3) is 2.84. The molecule has 0 atom stereocenters. The lowest BCUT2D eigenvalue weighted by molar-refractivity contribution is -0.133. The van der Waals surface area contributed by atoms with E-state index in [1.165, 1.54) is 24.0 Å². The average molecular weight is 337 g/mol. The lowest BCUT2D eigenvalue weighted by Crippen LogP contribution is -2.45. The molecular weight excluding hydrogens is 314 g/mol. The largest absolute Gasteiger partial charge is 0.337 e. The van der Waals surface area contributed by atoms with E-state index in [4.69, 9.17) is 0 Å². The minimum absolute atomic E-state index is 0.227. The van der Waals surface area contributed by atoms with Gasteiger partial charge in [-0.2, -0.15) is 0 Å². The molecule has 1 aliphatic carbocycles. The molecule has 6 nitrogen and oxygen atoms in total. The van der Waals surface area contributed by atoms with E-state index in [9.17, 15) is 4.79 Å². The Morgan fingerprint density at radius 3 is 2.72 bits per heavy atom. The fourth-order valence-electron chi connectivity index (χ4n) is 4.01. The molecule has 5 rings (SSSR count). The highest BCUT2D eigenvalue weighted by Gasteiger charge is 2.32. The lowest BCUT2D eigenvalue weighted by atomic mass is 10.00. The fraction of sp³-hybridized carbons (Fsp3) is 0.526. The minimum Gasteiger partial charge on any atom is -0.337 e. The molecule has 25 heavy (non-hydrogen) atoms. The number of hydrogen-bond donors (Lipinski definition) is 0. The normalized spacial score (nSPS) is 20.2. The van der Waals surface area contributed by atoms with Gasteiger partial charge in [-0.1, -0.05) is 24.3 Å². The van der Waals surface area contributed by atoms with Gasteiger partial charge in [0.15, 0.2) is 0 Å². The first-order valence-electron chi connectivity index (χ1n) is 9.27. The summed E-state index contributed by atoms with van der Waals surface area (Å²) in [6.07, 6.45) is 3.45. The van der Waals surface area contributed by atoms with E-state index in [1.54, 1.807) is 0 Å². The highest BCUT2D eigenvalue weighted by Crippen LogP contribution is 2.39. The summed E-state index contributed by atoms with van der Waals surface area (Å²) in [6, 6.07) is 8.45. The fourth-order valence-corrected chi connectivity index (χ4v) is 4.01. The highest BCUT2D eigenvalue weighted by molar-refractivity contribution is 5.78. The van der Waals surface area contributed by atoms with Gasteiger partial charge in [0.1, 0.15) is 11.6 Å². The maximum atomic E-state index is 12.8. The van der Waals surface area contributed by atoms with Crippen LogP contribution in [-0.4, -0.2) is 50.1 Å². The number of aromatic nitrogens is 3. The molecule has 130 valence electrons. The van der Waals surface area contributed by atoms with Crippen LogP contribution >= 0.6 is 0 Å². The molecule has 0 unspecified atom stereocenters. The standard InChI is InChI=1S/C19H23N5O/c25-18(23-8-7-14-3-1-2-4-16(14)11-23)13-22-9-10-24-17(12-22)20-21-19(24)15-5-6-15/h1-4,15H,5-13H2. The molecule has 0 N–H and O–H groups in total. The van der Waals surface area contributed by atoms with Gasteiger partial charge in [-0.15, -0.1) is 10.2 Å². The predicted molar refractivity (Wildman–Crippen MR) is 92.8 cm³/mol. The maximum Gasteiger partial charge on any atom is 0.237 e. The van der Waals surface area contributed by atoms with E-state index in [0.29, 0.717) is 12.5 Å². The van der Waals surface area contributed by atoms with Crippen LogP contribution in [0, 0.1) is 0 Å². The molecule has 1 amide bonds. The first-order valence-corrected chi connectivity index (χ1v) is 9.27. The number of carbonyl (C=O) groups is 1. The predicted octanol–water partition coefficient (Wildman–Crippen LogP) is 1.56. The van der Waals surface area contributed by atoms with Crippen LogP contribution in [-0.2, 0) is 30.8 Å². The van der Waals surface area contributed by atoms with E-state index in [-0.39, 0.29) is 5.91 Å². The summed E-state index contributed by atoms with van der Waals surface area (Å²) in [5, 5.41) is 8.74. The second-order valence-electron chi connectivity index (χ2n) is 7.44. The van der Waals surface area contributed by atoms with Crippen LogP contribution in [0.3, 0.4) is 0 Å². The van der Waals surface area contributed by atoms with Crippen molar-refractivity contribution in [1.29, 1.82) is 0 Å². The Morgan fingerprint density at radius 2 is 1.88 bits per heavy atom. The Labute approximate surface area is 147 Å². The van der Waals surface area contributed by atoms with Gasteiger partial charge in [0.05, 0.1) is 13.1 Å². The van der Waals surface area contributed by atoms with Crippen molar-refractivity contribution in [2.24, 2.45) is 0 Å². The van der Waals surface area contributed by atoms with Crippen molar-refractivity contribution in [3.05, 3.63) is 47.0 Å². The number of carbonyl (C=O) groups excluding carboxylic acids is 1. The Morgan fingerprint density at radius 1 is 1.04 bits per heavy atom. The topological polar surface area (TPSA) is 54.3 Å². The molecule has 1 aromatic carbocycles. The summed E-state index contributed by atoms with van der Waals surface area (Å²) in [7, 11) is 0. The van der Waals surface area contributed by atoms with Gasteiger partial charge in [-0.25, -0.2) is 0 Å². The highest BCUT2D eigenvalue weighted by atomic mass is 16.2. The first kappa shape index (κ1) is 15.1. The molecule has 0 bridgehead atoms. The quantitative estimate of drug-likeness (QED) is 0.853. The summed E-state index contributed by atoms with van der Waals surface area (Å²) < 4.78 is 2.27.